The third kappa shape index (κ3) is 5.52. The van der Waals surface area contributed by atoms with Gasteiger partial charge in [-0.1, -0.05) is 26.0 Å². The second-order valence-electron chi connectivity index (χ2n) is 4.92. The summed E-state index contributed by atoms with van der Waals surface area (Å²) in [5, 5.41) is 3.44. The molecule has 1 atom stereocenters. The predicted octanol–water partition coefficient (Wildman–Crippen LogP) is 3.02. The molecule has 0 fully saturated rings. The van der Waals surface area contributed by atoms with Crippen LogP contribution in [0.1, 0.15) is 32.4 Å². The van der Waals surface area contributed by atoms with Gasteiger partial charge in [-0.2, -0.15) is 0 Å². The topological polar surface area (TPSA) is 30.5 Å². The summed E-state index contributed by atoms with van der Waals surface area (Å²) in [6.45, 7) is 8.92. The molecule has 3 nitrogen and oxygen atoms in total. The Morgan fingerprint density at radius 1 is 1.22 bits per heavy atom. The van der Waals surface area contributed by atoms with E-state index in [1.165, 1.54) is 5.56 Å². The smallest absolute Gasteiger partial charge is 0.119 e. The first kappa shape index (κ1) is 15.0. The molecule has 1 rings (SSSR count). The maximum absolute atomic E-state index is 5.54. The third-order valence-electron chi connectivity index (χ3n) is 2.74. The van der Waals surface area contributed by atoms with Crippen LogP contribution in [0.25, 0.3) is 0 Å². The molecule has 1 aromatic rings. The highest BCUT2D eigenvalue weighted by Gasteiger charge is 2.05. The zero-order chi connectivity index (χ0) is 13.4. The third-order valence-corrected chi connectivity index (χ3v) is 2.74. The second kappa shape index (κ2) is 8.11. The SMILES string of the molecule is COc1cccc(C(C)NCCOCC(C)C)c1. The molecule has 0 aliphatic rings. The van der Waals surface area contributed by atoms with Crippen LogP contribution in [0.5, 0.6) is 5.75 Å². The van der Waals surface area contributed by atoms with E-state index in [0.717, 1.165) is 25.5 Å². The minimum Gasteiger partial charge on any atom is -0.497 e. The van der Waals surface area contributed by atoms with E-state index in [9.17, 15) is 0 Å². The first-order valence-corrected chi connectivity index (χ1v) is 6.58. The Hall–Kier alpha value is -1.06. The van der Waals surface area contributed by atoms with Gasteiger partial charge in [-0.25, -0.2) is 0 Å². The molecule has 3 heteroatoms. The van der Waals surface area contributed by atoms with Gasteiger partial charge >= 0.3 is 0 Å². The molecule has 0 saturated carbocycles. The van der Waals surface area contributed by atoms with Crippen LogP contribution < -0.4 is 10.1 Å². The van der Waals surface area contributed by atoms with Gasteiger partial charge in [-0.05, 0) is 30.5 Å². The minimum atomic E-state index is 0.308. The van der Waals surface area contributed by atoms with E-state index >= 15 is 0 Å². The van der Waals surface area contributed by atoms with E-state index in [1.54, 1.807) is 7.11 Å². The van der Waals surface area contributed by atoms with Crippen molar-refractivity contribution >= 4 is 0 Å². The molecule has 0 aliphatic carbocycles. The standard InChI is InChI=1S/C15H25NO2/c1-12(2)11-18-9-8-16-13(3)14-6-5-7-15(10-14)17-4/h5-7,10,12-13,16H,8-9,11H2,1-4H3. The minimum absolute atomic E-state index is 0.308. The van der Waals surface area contributed by atoms with Gasteiger partial charge < -0.3 is 14.8 Å². The molecule has 0 spiro atoms. The number of benzene rings is 1. The lowest BCUT2D eigenvalue weighted by molar-refractivity contribution is 0.110. The lowest BCUT2D eigenvalue weighted by Crippen LogP contribution is -2.23. The van der Waals surface area contributed by atoms with Crippen LogP contribution in [-0.4, -0.2) is 26.9 Å². The van der Waals surface area contributed by atoms with Crippen molar-refractivity contribution < 1.29 is 9.47 Å². The first-order chi connectivity index (χ1) is 8.63. The summed E-state index contributed by atoms with van der Waals surface area (Å²) in [5.74, 6) is 1.50. The molecule has 1 unspecified atom stereocenters. The molecule has 0 amide bonds. The lowest BCUT2D eigenvalue weighted by atomic mass is 10.1. The van der Waals surface area contributed by atoms with Crippen molar-refractivity contribution in [3.05, 3.63) is 29.8 Å². The molecule has 0 saturated heterocycles. The Labute approximate surface area is 110 Å². The summed E-state index contributed by atoms with van der Waals surface area (Å²) in [4.78, 5) is 0. The highest BCUT2D eigenvalue weighted by molar-refractivity contribution is 5.30. The van der Waals surface area contributed by atoms with Gasteiger partial charge in [0, 0.05) is 19.2 Å². The Balaban J connectivity index is 2.29. The maximum atomic E-state index is 5.54. The number of nitrogens with one attached hydrogen (secondary N) is 1. The zero-order valence-electron chi connectivity index (χ0n) is 11.9. The predicted molar refractivity (Wildman–Crippen MR) is 75.1 cm³/mol. The van der Waals surface area contributed by atoms with Gasteiger partial charge in [0.1, 0.15) is 5.75 Å². The van der Waals surface area contributed by atoms with Crippen molar-refractivity contribution in [3.8, 4) is 5.75 Å². The van der Waals surface area contributed by atoms with Crippen molar-refractivity contribution in [1.82, 2.24) is 5.32 Å². The molecule has 0 aromatic heterocycles. The molecule has 0 aliphatic heterocycles. The second-order valence-corrected chi connectivity index (χ2v) is 4.92. The average Bonchev–Trinajstić information content (AvgIpc) is 2.37. The van der Waals surface area contributed by atoms with Crippen LogP contribution in [0.15, 0.2) is 24.3 Å². The average molecular weight is 251 g/mol. The summed E-state index contributed by atoms with van der Waals surface area (Å²) in [5.41, 5.74) is 1.23. The number of rotatable bonds is 8. The van der Waals surface area contributed by atoms with Crippen molar-refractivity contribution in [3.63, 3.8) is 0 Å². The van der Waals surface area contributed by atoms with Crippen molar-refractivity contribution in [2.45, 2.75) is 26.8 Å². The molecule has 0 heterocycles. The fourth-order valence-corrected chi connectivity index (χ4v) is 1.70. The zero-order valence-corrected chi connectivity index (χ0v) is 11.9. The summed E-state index contributed by atoms with van der Waals surface area (Å²) < 4.78 is 10.8. The summed E-state index contributed by atoms with van der Waals surface area (Å²) in [6, 6.07) is 8.45. The van der Waals surface area contributed by atoms with Crippen LogP contribution in [0, 0.1) is 5.92 Å². The van der Waals surface area contributed by atoms with Crippen LogP contribution in [0.4, 0.5) is 0 Å². The molecule has 0 bridgehead atoms. The normalized spacial score (nSPS) is 12.7. The van der Waals surface area contributed by atoms with Crippen molar-refractivity contribution in [2.75, 3.05) is 26.9 Å². The number of hydrogen-bond acceptors (Lipinski definition) is 3. The van der Waals surface area contributed by atoms with Crippen LogP contribution in [0.2, 0.25) is 0 Å². The lowest BCUT2D eigenvalue weighted by Gasteiger charge is -2.15. The van der Waals surface area contributed by atoms with Gasteiger partial charge in [-0.15, -0.1) is 0 Å². The monoisotopic (exact) mass is 251 g/mol. The molecular weight excluding hydrogens is 226 g/mol. The van der Waals surface area contributed by atoms with E-state index in [-0.39, 0.29) is 0 Å². The van der Waals surface area contributed by atoms with Crippen LogP contribution >= 0.6 is 0 Å². The van der Waals surface area contributed by atoms with Crippen molar-refractivity contribution in [2.24, 2.45) is 5.92 Å². The van der Waals surface area contributed by atoms with E-state index in [4.69, 9.17) is 9.47 Å². The van der Waals surface area contributed by atoms with E-state index < -0.39 is 0 Å². The quantitative estimate of drug-likeness (QED) is 0.720. The Kier molecular flexibility index (Phi) is 6.76. The number of hydrogen-bond donors (Lipinski definition) is 1. The molecule has 1 aromatic carbocycles. The highest BCUT2D eigenvalue weighted by atomic mass is 16.5. The fourth-order valence-electron chi connectivity index (χ4n) is 1.70. The van der Waals surface area contributed by atoms with Gasteiger partial charge in [0.2, 0.25) is 0 Å². The number of methoxy groups -OCH3 is 1. The van der Waals surface area contributed by atoms with Crippen LogP contribution in [-0.2, 0) is 4.74 Å². The number of ether oxygens (including phenoxy) is 2. The van der Waals surface area contributed by atoms with Gasteiger partial charge in [0.25, 0.3) is 0 Å². The first-order valence-electron chi connectivity index (χ1n) is 6.58. The molecule has 0 radical (unpaired) electrons. The Bertz CT molecular complexity index is 339. The molecule has 102 valence electrons. The Morgan fingerprint density at radius 3 is 2.67 bits per heavy atom. The fraction of sp³-hybridized carbons (Fsp3) is 0.600. The largest absolute Gasteiger partial charge is 0.497 e. The molecule has 18 heavy (non-hydrogen) atoms. The van der Waals surface area contributed by atoms with Gasteiger partial charge in [0.05, 0.1) is 13.7 Å². The van der Waals surface area contributed by atoms with Gasteiger partial charge in [0.15, 0.2) is 0 Å². The molecule has 1 N–H and O–H groups in total. The molecular formula is C15H25NO2. The Morgan fingerprint density at radius 2 is 2.00 bits per heavy atom. The van der Waals surface area contributed by atoms with E-state index in [2.05, 4.69) is 38.2 Å². The summed E-state index contributed by atoms with van der Waals surface area (Å²) in [6.07, 6.45) is 0. The van der Waals surface area contributed by atoms with Crippen molar-refractivity contribution in [1.29, 1.82) is 0 Å². The van der Waals surface area contributed by atoms with Crippen LogP contribution in [0.3, 0.4) is 0 Å². The summed E-state index contributed by atoms with van der Waals surface area (Å²) in [7, 11) is 1.69. The maximum Gasteiger partial charge on any atom is 0.119 e. The summed E-state index contributed by atoms with van der Waals surface area (Å²) >= 11 is 0. The van der Waals surface area contributed by atoms with Gasteiger partial charge in [-0.3, -0.25) is 0 Å². The van der Waals surface area contributed by atoms with E-state index in [0.29, 0.717) is 12.0 Å². The van der Waals surface area contributed by atoms with E-state index in [1.807, 2.05) is 12.1 Å². The highest BCUT2D eigenvalue weighted by Crippen LogP contribution is 2.18.